The molecule has 2 aromatic heterocycles. The van der Waals surface area contributed by atoms with Crippen LogP contribution >= 0.6 is 0 Å². The Hall–Kier alpha value is -2.94. The van der Waals surface area contributed by atoms with Crippen LogP contribution in [0, 0.1) is 11.3 Å². The predicted molar refractivity (Wildman–Crippen MR) is 93.2 cm³/mol. The summed E-state index contributed by atoms with van der Waals surface area (Å²) in [5.74, 6) is -0.743. The number of hydrogen-bond acceptors (Lipinski definition) is 4. The number of Topliss-reactive ketones (excluding diaryl/α,β-unsaturated/α-hetero) is 1. The van der Waals surface area contributed by atoms with Crippen molar-refractivity contribution in [3.63, 3.8) is 0 Å². The van der Waals surface area contributed by atoms with Crippen molar-refractivity contribution in [1.29, 1.82) is 5.26 Å². The molecule has 0 amide bonds. The van der Waals surface area contributed by atoms with E-state index in [9.17, 15) is 10.1 Å². The Morgan fingerprint density at radius 2 is 2.08 bits per heavy atom. The number of carbonyl (C=O) groups excluding carboxylic acids is 1. The van der Waals surface area contributed by atoms with Gasteiger partial charge in [0.25, 0.3) is 0 Å². The molecule has 6 nitrogen and oxygen atoms in total. The molecule has 1 aromatic carbocycles. The molecule has 0 saturated carbocycles. The Morgan fingerprint density at radius 1 is 1.28 bits per heavy atom. The van der Waals surface area contributed by atoms with Gasteiger partial charge in [-0.15, -0.1) is 0 Å². The highest BCUT2D eigenvalue weighted by Crippen LogP contribution is 2.27. The Morgan fingerprint density at radius 3 is 2.88 bits per heavy atom. The third-order valence-corrected chi connectivity index (χ3v) is 5.01. The number of aromatic amines is 1. The van der Waals surface area contributed by atoms with Gasteiger partial charge in [0.2, 0.25) is 5.78 Å². The second-order valence-corrected chi connectivity index (χ2v) is 6.53. The first-order valence-corrected chi connectivity index (χ1v) is 8.62. The van der Waals surface area contributed by atoms with Gasteiger partial charge in [0.15, 0.2) is 5.92 Å². The van der Waals surface area contributed by atoms with E-state index in [0.29, 0.717) is 11.5 Å². The van der Waals surface area contributed by atoms with E-state index < -0.39 is 5.92 Å². The number of carbonyl (C=O) groups is 1. The maximum atomic E-state index is 13.1. The molecule has 0 fully saturated rings. The van der Waals surface area contributed by atoms with Gasteiger partial charge in [-0.05, 0) is 37.8 Å². The number of H-pyrrole nitrogens is 1. The smallest absolute Gasteiger partial charge is 0.208 e. The molecule has 126 valence electrons. The molecule has 0 bridgehead atoms. The Bertz CT molecular complexity index is 991. The lowest BCUT2D eigenvalue weighted by Gasteiger charge is -2.08. The van der Waals surface area contributed by atoms with E-state index in [2.05, 4.69) is 21.3 Å². The summed E-state index contributed by atoms with van der Waals surface area (Å²) in [6, 6.07) is 9.79. The van der Waals surface area contributed by atoms with Gasteiger partial charge in [0.1, 0.15) is 11.5 Å². The Kier molecular flexibility index (Phi) is 3.85. The first-order valence-electron chi connectivity index (χ1n) is 8.62. The number of hydrogen-bond donors (Lipinski definition) is 1. The molecule has 1 atom stereocenters. The number of imidazole rings is 1. The Labute approximate surface area is 145 Å². The molecular formula is C19H19N5O. The van der Waals surface area contributed by atoms with Crippen LogP contribution in [0.4, 0.5) is 0 Å². The largest absolute Gasteiger partial charge is 0.330 e. The van der Waals surface area contributed by atoms with Crippen molar-refractivity contribution >= 4 is 16.8 Å². The molecule has 1 unspecified atom stereocenters. The molecule has 1 aliphatic carbocycles. The molecule has 4 rings (SSSR count). The van der Waals surface area contributed by atoms with Gasteiger partial charge < -0.3 is 4.57 Å². The van der Waals surface area contributed by atoms with Crippen molar-refractivity contribution in [2.75, 3.05) is 0 Å². The van der Waals surface area contributed by atoms with Crippen LogP contribution in [0.3, 0.4) is 0 Å². The van der Waals surface area contributed by atoms with E-state index in [1.165, 1.54) is 0 Å². The fourth-order valence-corrected chi connectivity index (χ4v) is 3.65. The maximum absolute atomic E-state index is 13.1. The lowest BCUT2D eigenvalue weighted by Crippen LogP contribution is -2.17. The number of benzene rings is 1. The number of fused-ring (bicyclic) bond motifs is 2. The molecule has 6 heteroatoms. The van der Waals surface area contributed by atoms with Crippen LogP contribution in [0.25, 0.3) is 11.0 Å². The van der Waals surface area contributed by atoms with Crippen molar-refractivity contribution in [2.45, 2.75) is 38.0 Å². The number of nitrogens with one attached hydrogen (secondary N) is 1. The summed E-state index contributed by atoms with van der Waals surface area (Å²) < 4.78 is 1.83. The van der Waals surface area contributed by atoms with Gasteiger partial charge in [-0.25, -0.2) is 4.98 Å². The summed E-state index contributed by atoms with van der Waals surface area (Å²) in [7, 11) is 1.84. The second kappa shape index (κ2) is 6.17. The van der Waals surface area contributed by atoms with Crippen LogP contribution in [-0.4, -0.2) is 25.5 Å². The number of rotatable bonds is 3. The summed E-state index contributed by atoms with van der Waals surface area (Å²) in [5.41, 5.74) is 4.14. The summed E-state index contributed by atoms with van der Waals surface area (Å²) in [4.78, 5) is 17.6. The van der Waals surface area contributed by atoms with Crippen molar-refractivity contribution in [2.24, 2.45) is 7.05 Å². The van der Waals surface area contributed by atoms with Crippen molar-refractivity contribution in [1.82, 2.24) is 19.7 Å². The van der Waals surface area contributed by atoms with Crippen LogP contribution < -0.4 is 0 Å². The number of nitrogens with zero attached hydrogens (tertiary/aromatic N) is 4. The monoisotopic (exact) mass is 333 g/mol. The van der Waals surface area contributed by atoms with Crippen LogP contribution in [0.5, 0.6) is 0 Å². The molecule has 3 aromatic rings. The highest BCUT2D eigenvalue weighted by Gasteiger charge is 2.31. The van der Waals surface area contributed by atoms with E-state index in [4.69, 9.17) is 0 Å². The average Bonchev–Trinajstić information content (AvgIpc) is 3.09. The van der Waals surface area contributed by atoms with E-state index in [1.807, 2.05) is 35.9 Å². The zero-order valence-electron chi connectivity index (χ0n) is 14.1. The van der Waals surface area contributed by atoms with Crippen LogP contribution in [0.1, 0.15) is 52.8 Å². The summed E-state index contributed by atoms with van der Waals surface area (Å²) in [6.07, 6.45) is 5.07. The minimum atomic E-state index is -0.951. The first-order chi connectivity index (χ1) is 12.2. The van der Waals surface area contributed by atoms with Crippen molar-refractivity contribution in [3.05, 3.63) is 47.0 Å². The van der Waals surface area contributed by atoms with Crippen LogP contribution in [0.2, 0.25) is 0 Å². The topological polar surface area (TPSA) is 87.4 Å². The quantitative estimate of drug-likeness (QED) is 0.589. The second-order valence-electron chi connectivity index (χ2n) is 6.53. The standard InChI is InChI=1S/C19H19N5O/c1-24-16-10-6-5-9-15(16)21-19(24)13(11-20)18(25)17-12-7-3-2-4-8-14(12)22-23-17/h5-6,9-10,13H,2-4,7-8H2,1H3,(H,22,23). The Balaban J connectivity index is 1.76. The molecule has 1 aliphatic rings. The van der Waals surface area contributed by atoms with E-state index >= 15 is 0 Å². The van der Waals surface area contributed by atoms with Crippen molar-refractivity contribution < 1.29 is 4.79 Å². The summed E-state index contributed by atoms with van der Waals surface area (Å²) in [6.45, 7) is 0. The number of ketones is 1. The third kappa shape index (κ3) is 2.52. The van der Waals surface area contributed by atoms with Gasteiger partial charge >= 0.3 is 0 Å². The van der Waals surface area contributed by atoms with Crippen LogP contribution in [0.15, 0.2) is 24.3 Å². The lowest BCUT2D eigenvalue weighted by atomic mass is 9.97. The predicted octanol–water partition coefficient (Wildman–Crippen LogP) is 3.06. The number of nitriles is 1. The van der Waals surface area contributed by atoms with Gasteiger partial charge in [0.05, 0.1) is 17.1 Å². The highest BCUT2D eigenvalue weighted by atomic mass is 16.1. The average molecular weight is 333 g/mol. The highest BCUT2D eigenvalue weighted by molar-refractivity contribution is 6.02. The van der Waals surface area contributed by atoms with Gasteiger partial charge in [-0.2, -0.15) is 10.4 Å². The van der Waals surface area contributed by atoms with E-state index in [0.717, 1.165) is 54.4 Å². The number of aromatic nitrogens is 4. The van der Waals surface area contributed by atoms with Crippen LogP contribution in [-0.2, 0) is 19.9 Å². The minimum absolute atomic E-state index is 0.264. The van der Waals surface area contributed by atoms with E-state index in [1.54, 1.807) is 0 Å². The molecule has 0 saturated heterocycles. The summed E-state index contributed by atoms with van der Waals surface area (Å²) in [5, 5.41) is 17.0. The molecule has 0 radical (unpaired) electrons. The van der Waals surface area contributed by atoms with Crippen molar-refractivity contribution in [3.8, 4) is 6.07 Å². The minimum Gasteiger partial charge on any atom is -0.330 e. The zero-order valence-corrected chi connectivity index (χ0v) is 14.1. The molecule has 0 spiro atoms. The zero-order chi connectivity index (χ0) is 17.4. The lowest BCUT2D eigenvalue weighted by molar-refractivity contribution is 0.0969. The molecule has 0 aliphatic heterocycles. The fraction of sp³-hybridized carbons (Fsp3) is 0.368. The summed E-state index contributed by atoms with van der Waals surface area (Å²) >= 11 is 0. The third-order valence-electron chi connectivity index (χ3n) is 5.01. The van der Waals surface area contributed by atoms with Gasteiger partial charge in [-0.3, -0.25) is 9.89 Å². The molecule has 2 heterocycles. The normalized spacial score (nSPS) is 15.4. The van der Waals surface area contributed by atoms with E-state index in [-0.39, 0.29) is 5.78 Å². The SMILES string of the molecule is Cn1c(C(C#N)C(=O)c2n[nH]c3c2CCCCC3)nc2ccccc21. The molecular weight excluding hydrogens is 314 g/mol. The fourth-order valence-electron chi connectivity index (χ4n) is 3.65. The number of aryl methyl sites for hydroxylation is 2. The van der Waals surface area contributed by atoms with Gasteiger partial charge in [0, 0.05) is 18.3 Å². The van der Waals surface area contributed by atoms with Gasteiger partial charge in [-0.1, -0.05) is 18.6 Å². The molecule has 1 N–H and O–H groups in total. The molecule has 25 heavy (non-hydrogen) atoms. The number of para-hydroxylation sites is 2. The first kappa shape index (κ1) is 15.6. The maximum Gasteiger partial charge on any atom is 0.208 e.